The van der Waals surface area contributed by atoms with E-state index in [1.54, 1.807) is 29.3 Å². The molecule has 0 amide bonds. The van der Waals surface area contributed by atoms with Gasteiger partial charge in [0, 0.05) is 6.20 Å². The molecule has 1 aromatic carbocycles. The minimum Gasteiger partial charge on any atom is -0.335 e. The van der Waals surface area contributed by atoms with E-state index in [4.69, 9.17) is 0 Å². The number of nitrogens with zero attached hydrogens (tertiary/aromatic N) is 5. The Morgan fingerprint density at radius 1 is 1.16 bits per heavy atom. The molecule has 6 nitrogen and oxygen atoms in total. The summed E-state index contributed by atoms with van der Waals surface area (Å²) in [6.07, 6.45) is 1.97. The van der Waals surface area contributed by atoms with E-state index >= 15 is 0 Å². The molecular weight excluding hydrogens is 333 g/mol. The molecule has 3 aromatic heterocycles. The molecule has 0 bridgehead atoms. The van der Waals surface area contributed by atoms with Crippen molar-refractivity contribution in [2.45, 2.75) is 12.7 Å². The Hall–Kier alpha value is -3.23. The van der Waals surface area contributed by atoms with Crippen LogP contribution in [0.5, 0.6) is 0 Å². The first-order valence-electron chi connectivity index (χ1n) is 7.34. The number of rotatable bonds is 3. The van der Waals surface area contributed by atoms with Crippen LogP contribution < -0.4 is 0 Å². The molecule has 4 aromatic rings. The molecule has 0 radical (unpaired) electrons. The van der Waals surface area contributed by atoms with Gasteiger partial charge < -0.3 is 4.98 Å². The van der Waals surface area contributed by atoms with Crippen LogP contribution in [-0.4, -0.2) is 29.7 Å². The number of aromatic amines is 1. The first-order valence-corrected chi connectivity index (χ1v) is 7.34. The van der Waals surface area contributed by atoms with Gasteiger partial charge in [0.05, 0.1) is 30.1 Å². The standard InChI is InChI=1S/C16H11F3N6/c17-16(18,19)12-3-1-2-10(4-12)7-25-8-11(5-22-25)14-23-13-6-20-9-21-15(13)24-14/h1-6,8-9H,7H2,(H,20,21,23,24). The van der Waals surface area contributed by atoms with Crippen LogP contribution in [0.1, 0.15) is 11.1 Å². The highest BCUT2D eigenvalue weighted by Gasteiger charge is 2.30. The Morgan fingerprint density at radius 2 is 2.04 bits per heavy atom. The molecule has 0 aliphatic carbocycles. The summed E-state index contributed by atoms with van der Waals surface area (Å²) in [7, 11) is 0. The number of nitrogens with one attached hydrogen (secondary N) is 1. The van der Waals surface area contributed by atoms with Gasteiger partial charge in [0.1, 0.15) is 17.7 Å². The Labute approximate surface area is 139 Å². The first-order chi connectivity index (χ1) is 12.0. The van der Waals surface area contributed by atoms with Crippen molar-refractivity contribution in [1.82, 2.24) is 29.7 Å². The van der Waals surface area contributed by atoms with E-state index in [2.05, 4.69) is 25.0 Å². The number of benzene rings is 1. The van der Waals surface area contributed by atoms with E-state index in [0.29, 0.717) is 28.1 Å². The summed E-state index contributed by atoms with van der Waals surface area (Å²) < 4.78 is 39.9. The highest BCUT2D eigenvalue weighted by atomic mass is 19.4. The normalized spacial score (nSPS) is 12.0. The molecule has 0 aliphatic rings. The molecule has 4 rings (SSSR count). The Balaban J connectivity index is 1.59. The molecule has 0 unspecified atom stereocenters. The summed E-state index contributed by atoms with van der Waals surface area (Å²) in [4.78, 5) is 15.4. The fraction of sp³-hybridized carbons (Fsp3) is 0.125. The second kappa shape index (κ2) is 5.69. The average Bonchev–Trinajstić information content (AvgIpc) is 3.20. The molecule has 9 heteroatoms. The minimum absolute atomic E-state index is 0.226. The third kappa shape index (κ3) is 3.08. The predicted octanol–water partition coefficient (Wildman–Crippen LogP) is 3.28. The van der Waals surface area contributed by atoms with Crippen molar-refractivity contribution < 1.29 is 13.2 Å². The monoisotopic (exact) mass is 344 g/mol. The minimum atomic E-state index is -4.36. The molecule has 0 spiro atoms. The summed E-state index contributed by atoms with van der Waals surface area (Å²) in [5.74, 6) is 0.575. The van der Waals surface area contributed by atoms with Gasteiger partial charge in [-0.05, 0) is 17.7 Å². The van der Waals surface area contributed by atoms with Crippen molar-refractivity contribution in [3.63, 3.8) is 0 Å². The van der Waals surface area contributed by atoms with Crippen molar-refractivity contribution in [3.05, 3.63) is 60.3 Å². The number of fused-ring (bicyclic) bond motifs is 1. The maximum absolute atomic E-state index is 12.8. The van der Waals surface area contributed by atoms with Crippen LogP contribution in [0, 0.1) is 0 Å². The van der Waals surface area contributed by atoms with Crippen LogP contribution >= 0.6 is 0 Å². The predicted molar refractivity (Wildman–Crippen MR) is 83.5 cm³/mol. The lowest BCUT2D eigenvalue weighted by Gasteiger charge is -2.08. The van der Waals surface area contributed by atoms with E-state index in [-0.39, 0.29) is 6.54 Å². The van der Waals surface area contributed by atoms with Crippen LogP contribution in [0.15, 0.2) is 49.2 Å². The average molecular weight is 344 g/mol. The quantitative estimate of drug-likeness (QED) is 0.619. The van der Waals surface area contributed by atoms with E-state index < -0.39 is 11.7 Å². The lowest BCUT2D eigenvalue weighted by atomic mass is 10.1. The van der Waals surface area contributed by atoms with Gasteiger partial charge in [0.2, 0.25) is 0 Å². The van der Waals surface area contributed by atoms with Crippen molar-refractivity contribution >= 4 is 11.2 Å². The van der Waals surface area contributed by atoms with Crippen LogP contribution in [0.2, 0.25) is 0 Å². The van der Waals surface area contributed by atoms with Gasteiger partial charge in [0.25, 0.3) is 0 Å². The largest absolute Gasteiger partial charge is 0.416 e. The maximum atomic E-state index is 12.8. The topological polar surface area (TPSA) is 72.3 Å². The highest BCUT2D eigenvalue weighted by Crippen LogP contribution is 2.29. The van der Waals surface area contributed by atoms with Crippen molar-refractivity contribution in [3.8, 4) is 11.4 Å². The van der Waals surface area contributed by atoms with Crippen LogP contribution in [0.4, 0.5) is 13.2 Å². The highest BCUT2D eigenvalue weighted by molar-refractivity contribution is 5.74. The zero-order valence-electron chi connectivity index (χ0n) is 12.7. The first kappa shape index (κ1) is 15.3. The molecule has 0 atom stereocenters. The number of hydrogen-bond acceptors (Lipinski definition) is 4. The van der Waals surface area contributed by atoms with Gasteiger partial charge in [0.15, 0.2) is 5.65 Å². The summed E-state index contributed by atoms with van der Waals surface area (Å²) in [6, 6.07) is 5.19. The number of aromatic nitrogens is 6. The molecule has 0 saturated heterocycles. The molecule has 25 heavy (non-hydrogen) atoms. The van der Waals surface area contributed by atoms with Gasteiger partial charge in [-0.3, -0.25) is 4.68 Å². The molecule has 0 saturated carbocycles. The number of imidazole rings is 1. The fourth-order valence-electron chi connectivity index (χ4n) is 2.50. The van der Waals surface area contributed by atoms with E-state index in [1.807, 2.05) is 0 Å². The molecule has 3 heterocycles. The third-order valence-corrected chi connectivity index (χ3v) is 3.67. The summed E-state index contributed by atoms with van der Waals surface area (Å²) in [5, 5.41) is 4.19. The van der Waals surface area contributed by atoms with Gasteiger partial charge in [-0.2, -0.15) is 18.3 Å². The van der Waals surface area contributed by atoms with Crippen LogP contribution in [-0.2, 0) is 12.7 Å². The second-order valence-electron chi connectivity index (χ2n) is 5.47. The van der Waals surface area contributed by atoms with Gasteiger partial charge >= 0.3 is 6.18 Å². The summed E-state index contributed by atoms with van der Waals surface area (Å²) >= 11 is 0. The molecule has 0 fully saturated rings. The van der Waals surface area contributed by atoms with E-state index in [1.165, 1.54) is 12.4 Å². The smallest absolute Gasteiger partial charge is 0.335 e. The van der Waals surface area contributed by atoms with E-state index in [9.17, 15) is 13.2 Å². The van der Waals surface area contributed by atoms with Gasteiger partial charge in [-0.15, -0.1) is 0 Å². The van der Waals surface area contributed by atoms with Crippen molar-refractivity contribution in [2.75, 3.05) is 0 Å². The molecule has 1 N–H and O–H groups in total. The SMILES string of the molecule is FC(F)(F)c1cccc(Cn2cc(-c3nc4ncncc4[nH]3)cn2)c1. The number of halogens is 3. The van der Waals surface area contributed by atoms with Crippen LogP contribution in [0.3, 0.4) is 0 Å². The lowest BCUT2D eigenvalue weighted by molar-refractivity contribution is -0.137. The zero-order chi connectivity index (χ0) is 17.4. The van der Waals surface area contributed by atoms with Crippen molar-refractivity contribution in [1.29, 1.82) is 0 Å². The fourth-order valence-corrected chi connectivity index (χ4v) is 2.50. The second-order valence-corrected chi connectivity index (χ2v) is 5.47. The zero-order valence-corrected chi connectivity index (χ0v) is 12.7. The van der Waals surface area contributed by atoms with E-state index in [0.717, 1.165) is 12.1 Å². The van der Waals surface area contributed by atoms with Crippen LogP contribution in [0.25, 0.3) is 22.6 Å². The number of alkyl halides is 3. The third-order valence-electron chi connectivity index (χ3n) is 3.67. The molecular formula is C16H11F3N6. The summed E-state index contributed by atoms with van der Waals surface area (Å²) in [6.45, 7) is 0.226. The summed E-state index contributed by atoms with van der Waals surface area (Å²) in [5.41, 5.74) is 1.79. The Kier molecular flexibility index (Phi) is 3.48. The lowest BCUT2D eigenvalue weighted by Crippen LogP contribution is -2.07. The maximum Gasteiger partial charge on any atom is 0.416 e. The molecule has 126 valence electrons. The number of hydrogen-bond donors (Lipinski definition) is 1. The van der Waals surface area contributed by atoms with Gasteiger partial charge in [-0.1, -0.05) is 12.1 Å². The number of H-pyrrole nitrogens is 1. The molecule has 0 aliphatic heterocycles. The van der Waals surface area contributed by atoms with Crippen molar-refractivity contribution in [2.24, 2.45) is 0 Å². The Bertz CT molecular complexity index is 1000. The Morgan fingerprint density at radius 3 is 2.84 bits per heavy atom. The van der Waals surface area contributed by atoms with Gasteiger partial charge in [-0.25, -0.2) is 15.0 Å².